The van der Waals surface area contributed by atoms with Crippen molar-refractivity contribution < 1.29 is 42.9 Å². The van der Waals surface area contributed by atoms with Crippen LogP contribution in [-0.2, 0) is 33.3 Å². The van der Waals surface area contributed by atoms with Gasteiger partial charge in [0.15, 0.2) is 12.4 Å². The summed E-state index contributed by atoms with van der Waals surface area (Å²) in [6, 6.07) is 0. The lowest BCUT2D eigenvalue weighted by atomic mass is 10.0. The van der Waals surface area contributed by atoms with Gasteiger partial charge in [-0.25, -0.2) is 0 Å². The monoisotopic (exact) mass is 1450 g/mol. The van der Waals surface area contributed by atoms with Crippen molar-refractivity contribution in [1.29, 1.82) is 0 Å². The number of unbranched alkanes of at least 4 members (excludes halogenated alkanes) is 33. The first-order valence-corrected chi connectivity index (χ1v) is 42.9. The van der Waals surface area contributed by atoms with E-state index in [1.54, 1.807) is 0 Å². The van der Waals surface area contributed by atoms with E-state index in [-0.39, 0.29) is 38.6 Å². The van der Waals surface area contributed by atoms with Gasteiger partial charge in [-0.3, -0.25) is 9.59 Å². The van der Waals surface area contributed by atoms with Gasteiger partial charge in [0.1, 0.15) is 13.2 Å². The fourth-order valence-electron chi connectivity index (χ4n) is 11.7. The van der Waals surface area contributed by atoms with Gasteiger partial charge in [-0.15, -0.1) is 0 Å². The Morgan fingerprint density at radius 1 is 0.286 bits per heavy atom. The molecule has 0 aromatic heterocycles. The molecule has 0 aromatic carbocycles. The maximum atomic E-state index is 13.0. The summed E-state index contributed by atoms with van der Waals surface area (Å²) in [4.78, 5) is 37.7. The second-order valence-electron chi connectivity index (χ2n) is 29.4. The highest BCUT2D eigenvalue weighted by Crippen LogP contribution is 2.18. The smallest absolute Gasteiger partial charge is 0.306 e. The third-order valence-electron chi connectivity index (χ3n) is 18.1. The Balaban J connectivity index is 4.02. The van der Waals surface area contributed by atoms with Crippen molar-refractivity contribution in [3.63, 3.8) is 0 Å². The highest BCUT2D eigenvalue weighted by molar-refractivity contribution is 5.70. The minimum Gasteiger partial charge on any atom is -0.545 e. The number of hydrogen-bond donors (Lipinski definition) is 0. The molecule has 0 N–H and O–H groups in total. The minimum absolute atomic E-state index is 0.143. The van der Waals surface area contributed by atoms with Crippen molar-refractivity contribution in [3.8, 4) is 0 Å². The van der Waals surface area contributed by atoms with Gasteiger partial charge in [0.25, 0.3) is 0 Å². The number of carboxylic acids is 1. The van der Waals surface area contributed by atoms with E-state index < -0.39 is 24.3 Å². The number of hydrogen-bond acceptors (Lipinski definition) is 8. The van der Waals surface area contributed by atoms with Gasteiger partial charge < -0.3 is 33.3 Å². The maximum absolute atomic E-state index is 13.0. The molecule has 105 heavy (non-hydrogen) atoms. The van der Waals surface area contributed by atoms with Crippen molar-refractivity contribution >= 4 is 17.9 Å². The molecule has 2 atom stereocenters. The van der Waals surface area contributed by atoms with E-state index in [2.05, 4.69) is 196 Å². The van der Waals surface area contributed by atoms with Crippen LogP contribution in [0.4, 0.5) is 0 Å². The zero-order valence-electron chi connectivity index (χ0n) is 68.3. The predicted octanol–water partition coefficient (Wildman–Crippen LogP) is 26.9. The molecule has 0 aromatic rings. The number of esters is 2. The number of carbonyl (C=O) groups is 3. The van der Waals surface area contributed by atoms with E-state index in [9.17, 15) is 19.5 Å². The van der Waals surface area contributed by atoms with E-state index in [4.69, 9.17) is 18.9 Å². The van der Waals surface area contributed by atoms with Gasteiger partial charge in [0.05, 0.1) is 40.3 Å². The van der Waals surface area contributed by atoms with Crippen molar-refractivity contribution in [3.05, 3.63) is 182 Å². The molecule has 0 aliphatic rings. The second-order valence-corrected chi connectivity index (χ2v) is 29.4. The number of nitrogens with zero attached hydrogens (tertiary/aromatic N) is 1. The molecule has 0 fully saturated rings. The normalized spacial score (nSPS) is 13.6. The molecule has 0 heterocycles. The van der Waals surface area contributed by atoms with Crippen LogP contribution < -0.4 is 5.11 Å². The first kappa shape index (κ1) is 99.4. The van der Waals surface area contributed by atoms with Gasteiger partial charge in [0.2, 0.25) is 0 Å². The molecule has 0 rings (SSSR count). The number of rotatable bonds is 78. The van der Waals surface area contributed by atoms with Crippen LogP contribution in [0.15, 0.2) is 182 Å². The first-order chi connectivity index (χ1) is 51.6. The molecule has 0 aliphatic carbocycles. The van der Waals surface area contributed by atoms with Gasteiger partial charge in [0, 0.05) is 12.8 Å². The fourth-order valence-corrected chi connectivity index (χ4v) is 11.7. The van der Waals surface area contributed by atoms with Gasteiger partial charge in [-0.1, -0.05) is 382 Å². The second kappa shape index (κ2) is 84.0. The zero-order valence-corrected chi connectivity index (χ0v) is 68.3. The van der Waals surface area contributed by atoms with Crippen LogP contribution in [0.25, 0.3) is 0 Å². The summed E-state index contributed by atoms with van der Waals surface area (Å²) in [5.74, 6) is -2.28. The van der Waals surface area contributed by atoms with Crippen LogP contribution in [0.3, 0.4) is 0 Å². The zero-order chi connectivity index (χ0) is 76.0. The minimum atomic E-state index is -1.63. The predicted molar refractivity (Wildman–Crippen MR) is 453 cm³/mol. The number of carbonyl (C=O) groups excluding carboxylic acids is 3. The van der Waals surface area contributed by atoms with Crippen molar-refractivity contribution in [2.45, 2.75) is 360 Å². The van der Waals surface area contributed by atoms with E-state index >= 15 is 0 Å². The topological polar surface area (TPSA) is 111 Å². The quantitative estimate of drug-likeness (QED) is 0.0195. The largest absolute Gasteiger partial charge is 0.545 e. The third-order valence-corrected chi connectivity index (χ3v) is 18.1. The van der Waals surface area contributed by atoms with E-state index in [1.165, 1.54) is 180 Å². The summed E-state index contributed by atoms with van der Waals surface area (Å²) in [6.07, 6.45) is 125. The molecule has 0 bridgehead atoms. The van der Waals surface area contributed by atoms with Crippen LogP contribution in [0.1, 0.15) is 348 Å². The Labute approximate surface area is 647 Å². The summed E-state index contributed by atoms with van der Waals surface area (Å²) in [7, 11) is 5.94. The average molecular weight is 1460 g/mol. The average Bonchev–Trinajstić information content (AvgIpc) is 1.18. The van der Waals surface area contributed by atoms with Gasteiger partial charge >= 0.3 is 11.9 Å². The Morgan fingerprint density at radius 2 is 0.514 bits per heavy atom. The highest BCUT2D eigenvalue weighted by atomic mass is 16.7. The molecule has 0 aliphatic heterocycles. The third kappa shape index (κ3) is 85.5. The highest BCUT2D eigenvalue weighted by Gasteiger charge is 2.22. The lowest BCUT2D eigenvalue weighted by Gasteiger charge is -2.26. The summed E-state index contributed by atoms with van der Waals surface area (Å²) >= 11 is 0. The number of ether oxygens (including phenoxy) is 4. The van der Waals surface area contributed by atoms with Crippen LogP contribution in [0, 0.1) is 0 Å². The fraction of sp³-hybridized carbons (Fsp3) is 0.656. The number of quaternary nitrogens is 1. The van der Waals surface area contributed by atoms with E-state index in [0.29, 0.717) is 17.4 Å². The first-order valence-electron chi connectivity index (χ1n) is 42.9. The van der Waals surface area contributed by atoms with E-state index in [0.717, 1.165) is 135 Å². The number of allylic oxidation sites excluding steroid dienone is 30. The Kier molecular flexibility index (Phi) is 79.5. The van der Waals surface area contributed by atoms with Crippen LogP contribution in [0.5, 0.6) is 0 Å². The molecule has 0 spiro atoms. The van der Waals surface area contributed by atoms with Crippen molar-refractivity contribution in [2.24, 2.45) is 0 Å². The summed E-state index contributed by atoms with van der Waals surface area (Å²) in [5, 5.41) is 11.9. The van der Waals surface area contributed by atoms with Crippen LogP contribution >= 0.6 is 0 Å². The molecular formula is C96H159NO8. The van der Waals surface area contributed by atoms with Crippen LogP contribution in [-0.4, -0.2) is 82.3 Å². The molecular weight excluding hydrogens is 1300 g/mol. The van der Waals surface area contributed by atoms with Gasteiger partial charge in [-0.2, -0.15) is 0 Å². The molecule has 0 amide bonds. The van der Waals surface area contributed by atoms with Gasteiger partial charge in [-0.05, 0) is 135 Å². The number of likely N-dealkylation sites (N-methyl/N-ethyl adjacent to an activating group) is 1. The van der Waals surface area contributed by atoms with E-state index in [1.807, 2.05) is 21.1 Å². The lowest BCUT2D eigenvalue weighted by molar-refractivity contribution is -0.870. The standard InChI is InChI=1S/C96H159NO8/c1-6-8-10-12-14-16-18-20-22-24-26-28-30-32-34-36-38-40-42-44-46-47-49-51-53-55-57-59-61-63-65-67-69-71-73-75-77-79-81-83-85-87-94(99)105-92(91-104-96(95(100)101)102-89-88-97(3,4)5)90-103-93(98)86-84-82-80-78-76-74-72-70-68-66-64-62-60-58-56-54-52-50-48-45-43-41-39-37-35-33-31-29-27-25-23-21-19-17-15-13-11-9-7-2/h8-11,14-17,20-23,26-29,32-35,38-41,44-46,48-49,51,92,96H,6-7,12-13,18-19,24-25,30-31,36-37,42-43,47,50,52-91H2,1-5H3/b10-8-,11-9-,16-14-,17-15-,22-20-,23-21-,28-26-,29-27-,34-32-,35-33-,40-38-,41-39-,46-44-,48-45-,51-49-. The summed E-state index contributed by atoms with van der Waals surface area (Å²) in [5.41, 5.74) is 0. The maximum Gasteiger partial charge on any atom is 0.306 e. The summed E-state index contributed by atoms with van der Waals surface area (Å²) in [6.45, 7) is 4.54. The number of carboxylic acid groups (broad SMARTS) is 1. The lowest BCUT2D eigenvalue weighted by Crippen LogP contribution is -2.44. The molecule has 0 saturated heterocycles. The molecule has 9 nitrogen and oxygen atoms in total. The Morgan fingerprint density at radius 3 is 0.762 bits per heavy atom. The molecule has 2 unspecified atom stereocenters. The Bertz CT molecular complexity index is 2400. The molecule has 9 heteroatoms. The van der Waals surface area contributed by atoms with Crippen LogP contribution in [0.2, 0.25) is 0 Å². The number of aliphatic carboxylic acids is 1. The molecule has 0 saturated carbocycles. The Hall–Kier alpha value is -5.61. The molecule has 596 valence electrons. The van der Waals surface area contributed by atoms with Crippen molar-refractivity contribution in [2.75, 3.05) is 47.5 Å². The summed E-state index contributed by atoms with van der Waals surface area (Å²) < 4.78 is 22.9. The SMILES string of the molecule is CC/C=C\C/C=C\C/C=C\C/C=C\C/C=C\C/C=C\C/C=C\C/C=C\CCCCCCCCCCCCCCCCCCC(=O)OC(COC(=O)CCCCCCCCCCCCCCCCCCC/C=C\C/C=C\C/C=C\C/C=C\C/C=C\C/C=C\C/C=C\CC)COC(OCC[N+](C)(C)C)C(=O)[O-]. The molecule has 0 radical (unpaired) electrons. The van der Waals surface area contributed by atoms with Crippen molar-refractivity contribution in [1.82, 2.24) is 0 Å².